The maximum absolute atomic E-state index is 12.1. The molecule has 2 rings (SSSR count). The predicted octanol–water partition coefficient (Wildman–Crippen LogP) is 2.19. The van der Waals surface area contributed by atoms with Crippen LogP contribution in [-0.2, 0) is 11.3 Å². The van der Waals surface area contributed by atoms with Gasteiger partial charge in [0, 0.05) is 24.2 Å². The molecular weight excluding hydrogens is 280 g/mol. The molecule has 1 aliphatic carbocycles. The molecule has 1 aromatic carbocycles. The van der Waals surface area contributed by atoms with Crippen LogP contribution < -0.4 is 14.8 Å². The Hall–Kier alpha value is -1.75. The maximum atomic E-state index is 12.1. The molecule has 22 heavy (non-hydrogen) atoms. The van der Waals surface area contributed by atoms with Crippen molar-refractivity contribution in [2.75, 3.05) is 20.8 Å². The number of carbonyl (C=O) groups is 1. The monoisotopic (exact) mass is 306 g/mol. The van der Waals surface area contributed by atoms with Crippen LogP contribution in [0.2, 0.25) is 0 Å². The highest BCUT2D eigenvalue weighted by Gasteiger charge is 2.31. The molecule has 122 valence electrons. The number of nitrogens with one attached hydrogen (secondary N) is 1. The quantitative estimate of drug-likeness (QED) is 0.800. The Labute approximate surface area is 132 Å². The van der Waals surface area contributed by atoms with E-state index in [-0.39, 0.29) is 11.9 Å². The molecule has 0 atom stereocenters. The van der Waals surface area contributed by atoms with E-state index in [2.05, 4.69) is 10.2 Å². The summed E-state index contributed by atoms with van der Waals surface area (Å²) in [6.45, 7) is 5.06. The zero-order chi connectivity index (χ0) is 16.1. The van der Waals surface area contributed by atoms with Crippen molar-refractivity contribution in [1.29, 1.82) is 0 Å². The second kappa shape index (κ2) is 7.49. The van der Waals surface area contributed by atoms with Gasteiger partial charge in [-0.1, -0.05) is 0 Å². The van der Waals surface area contributed by atoms with Crippen LogP contribution in [0.3, 0.4) is 0 Å². The Kier molecular flexibility index (Phi) is 5.66. The number of ether oxygens (including phenoxy) is 2. The van der Waals surface area contributed by atoms with Crippen LogP contribution in [0.5, 0.6) is 11.5 Å². The van der Waals surface area contributed by atoms with Gasteiger partial charge in [-0.25, -0.2) is 0 Å². The van der Waals surface area contributed by atoms with Gasteiger partial charge in [0.25, 0.3) is 0 Å². The Morgan fingerprint density at radius 1 is 1.32 bits per heavy atom. The normalized spacial score (nSPS) is 14.3. The molecule has 1 saturated carbocycles. The molecule has 1 N–H and O–H groups in total. The number of carbonyl (C=O) groups excluding carboxylic acids is 1. The lowest BCUT2D eigenvalue weighted by molar-refractivity contribution is -0.123. The third-order valence-corrected chi connectivity index (χ3v) is 3.72. The topological polar surface area (TPSA) is 50.8 Å². The Bertz CT molecular complexity index is 513. The zero-order valence-corrected chi connectivity index (χ0v) is 13.9. The summed E-state index contributed by atoms with van der Waals surface area (Å²) in [5, 5.41) is 2.96. The smallest absolute Gasteiger partial charge is 0.234 e. The molecule has 0 aliphatic heterocycles. The highest BCUT2D eigenvalue weighted by molar-refractivity contribution is 5.78. The molecule has 5 nitrogen and oxygen atoms in total. The molecule has 0 unspecified atom stereocenters. The number of methoxy groups -OCH3 is 2. The Morgan fingerprint density at radius 2 is 2.05 bits per heavy atom. The molecule has 0 radical (unpaired) electrons. The summed E-state index contributed by atoms with van der Waals surface area (Å²) < 4.78 is 10.7. The lowest BCUT2D eigenvalue weighted by Gasteiger charge is -2.23. The molecule has 1 aliphatic rings. The first-order valence-electron chi connectivity index (χ1n) is 7.77. The molecule has 5 heteroatoms. The van der Waals surface area contributed by atoms with Crippen molar-refractivity contribution < 1.29 is 14.3 Å². The summed E-state index contributed by atoms with van der Waals surface area (Å²) in [5.41, 5.74) is 1.05. The molecule has 1 amide bonds. The second-order valence-electron chi connectivity index (χ2n) is 6.04. The number of nitrogens with zero attached hydrogens (tertiary/aromatic N) is 1. The summed E-state index contributed by atoms with van der Waals surface area (Å²) in [4.78, 5) is 14.3. The number of amides is 1. The molecule has 0 heterocycles. The zero-order valence-electron chi connectivity index (χ0n) is 13.9. The van der Waals surface area contributed by atoms with Gasteiger partial charge in [-0.3, -0.25) is 9.69 Å². The summed E-state index contributed by atoms with van der Waals surface area (Å²) in [5.74, 6) is 1.71. The van der Waals surface area contributed by atoms with Crippen LogP contribution in [0.25, 0.3) is 0 Å². The lowest BCUT2D eigenvalue weighted by Crippen LogP contribution is -2.40. The fourth-order valence-corrected chi connectivity index (χ4v) is 2.53. The van der Waals surface area contributed by atoms with E-state index in [0.717, 1.165) is 29.9 Å². The van der Waals surface area contributed by atoms with E-state index in [9.17, 15) is 4.79 Å². The first kappa shape index (κ1) is 16.6. The van der Waals surface area contributed by atoms with Gasteiger partial charge in [-0.05, 0) is 44.9 Å². The first-order chi connectivity index (χ1) is 10.5. The first-order valence-corrected chi connectivity index (χ1v) is 7.77. The largest absolute Gasteiger partial charge is 0.497 e. The molecule has 1 fully saturated rings. The van der Waals surface area contributed by atoms with Gasteiger partial charge >= 0.3 is 0 Å². The summed E-state index contributed by atoms with van der Waals surface area (Å²) in [6, 6.07) is 6.44. The van der Waals surface area contributed by atoms with E-state index in [1.165, 1.54) is 0 Å². The van der Waals surface area contributed by atoms with Gasteiger partial charge in [0.1, 0.15) is 11.5 Å². The summed E-state index contributed by atoms with van der Waals surface area (Å²) >= 11 is 0. The van der Waals surface area contributed by atoms with Crippen molar-refractivity contribution in [2.45, 2.75) is 45.3 Å². The minimum Gasteiger partial charge on any atom is -0.497 e. The third-order valence-electron chi connectivity index (χ3n) is 3.72. The fourth-order valence-electron chi connectivity index (χ4n) is 2.53. The van der Waals surface area contributed by atoms with E-state index in [0.29, 0.717) is 19.1 Å². The van der Waals surface area contributed by atoms with Crippen LogP contribution in [0, 0.1) is 0 Å². The van der Waals surface area contributed by atoms with Gasteiger partial charge in [0.15, 0.2) is 0 Å². The van der Waals surface area contributed by atoms with Gasteiger partial charge in [-0.2, -0.15) is 0 Å². The highest BCUT2D eigenvalue weighted by Crippen LogP contribution is 2.31. The highest BCUT2D eigenvalue weighted by atomic mass is 16.5. The Morgan fingerprint density at radius 3 is 2.59 bits per heavy atom. The average Bonchev–Trinajstić information content (AvgIpc) is 3.30. The number of benzene rings is 1. The van der Waals surface area contributed by atoms with Crippen molar-refractivity contribution in [3.63, 3.8) is 0 Å². The van der Waals surface area contributed by atoms with E-state index in [1.54, 1.807) is 14.2 Å². The Balaban J connectivity index is 2.09. The number of rotatable bonds is 8. The van der Waals surface area contributed by atoms with Crippen molar-refractivity contribution in [2.24, 2.45) is 0 Å². The van der Waals surface area contributed by atoms with Crippen molar-refractivity contribution in [3.05, 3.63) is 23.8 Å². The van der Waals surface area contributed by atoms with Crippen molar-refractivity contribution in [3.8, 4) is 11.5 Å². The van der Waals surface area contributed by atoms with Crippen LogP contribution in [0.1, 0.15) is 32.3 Å². The SMILES string of the molecule is COc1ccc(OC)c(CN(CC(=O)NC(C)C)C2CC2)c1. The van der Waals surface area contributed by atoms with Gasteiger partial charge in [-0.15, -0.1) is 0 Å². The van der Waals surface area contributed by atoms with Crippen LogP contribution >= 0.6 is 0 Å². The second-order valence-corrected chi connectivity index (χ2v) is 6.04. The van der Waals surface area contributed by atoms with Gasteiger partial charge in [0.2, 0.25) is 5.91 Å². The number of hydrogen-bond acceptors (Lipinski definition) is 4. The number of hydrogen-bond donors (Lipinski definition) is 1. The van der Waals surface area contributed by atoms with Crippen molar-refractivity contribution >= 4 is 5.91 Å². The van der Waals surface area contributed by atoms with Crippen LogP contribution in [0.4, 0.5) is 0 Å². The molecule has 0 spiro atoms. The van der Waals surface area contributed by atoms with E-state index in [1.807, 2.05) is 32.0 Å². The minimum absolute atomic E-state index is 0.0729. The average molecular weight is 306 g/mol. The standard InChI is InChI=1S/C17H26N2O3/c1-12(2)18-17(20)11-19(14-5-6-14)10-13-9-15(21-3)7-8-16(13)22-4/h7-9,12,14H,5-6,10-11H2,1-4H3,(H,18,20). The van der Waals surface area contributed by atoms with E-state index in [4.69, 9.17) is 9.47 Å². The molecule has 0 saturated heterocycles. The molecule has 0 bridgehead atoms. The van der Waals surface area contributed by atoms with Gasteiger partial charge < -0.3 is 14.8 Å². The third kappa shape index (κ3) is 4.63. The maximum Gasteiger partial charge on any atom is 0.234 e. The lowest BCUT2D eigenvalue weighted by atomic mass is 10.1. The fraction of sp³-hybridized carbons (Fsp3) is 0.588. The van der Waals surface area contributed by atoms with Crippen LogP contribution in [0.15, 0.2) is 18.2 Å². The summed E-state index contributed by atoms with van der Waals surface area (Å²) in [6.07, 6.45) is 2.31. The molecular formula is C17H26N2O3. The molecule has 0 aromatic heterocycles. The van der Waals surface area contributed by atoms with Gasteiger partial charge in [0.05, 0.1) is 20.8 Å². The van der Waals surface area contributed by atoms with E-state index < -0.39 is 0 Å². The molecule has 1 aromatic rings. The predicted molar refractivity (Wildman–Crippen MR) is 86.3 cm³/mol. The van der Waals surface area contributed by atoms with Crippen molar-refractivity contribution in [1.82, 2.24) is 10.2 Å². The minimum atomic E-state index is 0.0729. The van der Waals surface area contributed by atoms with E-state index >= 15 is 0 Å². The summed E-state index contributed by atoms with van der Waals surface area (Å²) in [7, 11) is 3.32. The van der Waals surface area contributed by atoms with Crippen LogP contribution in [-0.4, -0.2) is 43.7 Å².